The first-order valence-electron chi connectivity index (χ1n) is 7.40. The summed E-state index contributed by atoms with van der Waals surface area (Å²) in [5.74, 6) is -0.349. The minimum atomic E-state index is -0.349. The molecule has 0 bridgehead atoms. The Morgan fingerprint density at radius 3 is 2.62 bits per heavy atom. The molecule has 0 amide bonds. The van der Waals surface area contributed by atoms with E-state index >= 15 is 0 Å². The van der Waals surface area contributed by atoms with Gasteiger partial charge in [0.05, 0.1) is 5.02 Å². The van der Waals surface area contributed by atoms with Crippen LogP contribution in [0.25, 0.3) is 0 Å². The molecule has 1 unspecified atom stereocenters. The molecular formula is C17H21ClFNS. The molecule has 4 heteroatoms. The van der Waals surface area contributed by atoms with Crippen molar-refractivity contribution in [1.29, 1.82) is 0 Å². The van der Waals surface area contributed by atoms with E-state index in [9.17, 15) is 4.39 Å². The number of aryl methyl sites for hydroxylation is 1. The van der Waals surface area contributed by atoms with Gasteiger partial charge in [-0.1, -0.05) is 37.6 Å². The van der Waals surface area contributed by atoms with Crippen LogP contribution in [0, 0.1) is 5.82 Å². The van der Waals surface area contributed by atoms with Crippen molar-refractivity contribution in [1.82, 2.24) is 5.32 Å². The van der Waals surface area contributed by atoms with Gasteiger partial charge in [0.25, 0.3) is 0 Å². The smallest absolute Gasteiger partial charge is 0.142 e. The second-order valence-electron chi connectivity index (χ2n) is 5.08. The number of hydrogen-bond acceptors (Lipinski definition) is 2. The zero-order valence-corrected chi connectivity index (χ0v) is 14.0. The summed E-state index contributed by atoms with van der Waals surface area (Å²) < 4.78 is 13.7. The maximum Gasteiger partial charge on any atom is 0.142 e. The minimum Gasteiger partial charge on any atom is -0.310 e. The van der Waals surface area contributed by atoms with E-state index in [4.69, 9.17) is 11.6 Å². The summed E-state index contributed by atoms with van der Waals surface area (Å²) in [6, 6.07) is 9.43. The monoisotopic (exact) mass is 325 g/mol. The van der Waals surface area contributed by atoms with Crippen LogP contribution in [0.5, 0.6) is 0 Å². The molecule has 1 N–H and O–H groups in total. The van der Waals surface area contributed by atoms with Gasteiger partial charge in [-0.2, -0.15) is 0 Å². The fourth-order valence-corrected chi connectivity index (χ4v) is 3.58. The van der Waals surface area contributed by atoms with Gasteiger partial charge in [0.2, 0.25) is 0 Å². The predicted molar refractivity (Wildman–Crippen MR) is 89.8 cm³/mol. The second-order valence-corrected chi connectivity index (χ2v) is 6.71. The lowest BCUT2D eigenvalue weighted by Gasteiger charge is -2.20. The third-order valence-corrected chi connectivity index (χ3v) is 5.12. The fourth-order valence-electron chi connectivity index (χ4n) is 2.32. The molecule has 21 heavy (non-hydrogen) atoms. The first kappa shape index (κ1) is 16.5. The first-order valence-corrected chi connectivity index (χ1v) is 8.60. The Balaban J connectivity index is 2.23. The average Bonchev–Trinajstić information content (AvgIpc) is 2.94. The van der Waals surface area contributed by atoms with Gasteiger partial charge in [0, 0.05) is 22.2 Å². The van der Waals surface area contributed by atoms with E-state index in [0.29, 0.717) is 0 Å². The molecule has 2 aromatic rings. The summed E-state index contributed by atoms with van der Waals surface area (Å²) in [6.07, 6.45) is 2.93. The lowest BCUT2D eigenvalue weighted by Crippen LogP contribution is -2.24. The highest BCUT2D eigenvalue weighted by atomic mass is 35.5. The molecule has 1 aromatic heterocycles. The standard InChI is InChI=1S/C17H21ClFNS/c1-3-10-20-16(11-13-9-8-12(4-2)21-13)14-6-5-7-15(19)17(14)18/h5-9,16,20H,3-4,10-11H2,1-2H3. The van der Waals surface area contributed by atoms with Crippen molar-refractivity contribution >= 4 is 22.9 Å². The van der Waals surface area contributed by atoms with Gasteiger partial charge in [-0.25, -0.2) is 4.39 Å². The Kier molecular flexibility index (Phi) is 6.22. The van der Waals surface area contributed by atoms with Crippen molar-refractivity contribution in [3.8, 4) is 0 Å². The maximum atomic E-state index is 13.7. The topological polar surface area (TPSA) is 12.0 Å². The van der Waals surface area contributed by atoms with Crippen LogP contribution in [0.3, 0.4) is 0 Å². The third kappa shape index (κ3) is 4.29. The van der Waals surface area contributed by atoms with Gasteiger partial charge >= 0.3 is 0 Å². The molecule has 0 spiro atoms. The normalized spacial score (nSPS) is 12.6. The van der Waals surface area contributed by atoms with Crippen LogP contribution >= 0.6 is 22.9 Å². The molecule has 0 aliphatic rings. The zero-order valence-electron chi connectivity index (χ0n) is 12.5. The Morgan fingerprint density at radius 2 is 1.95 bits per heavy atom. The summed E-state index contributed by atoms with van der Waals surface area (Å²) in [4.78, 5) is 2.69. The molecule has 0 fully saturated rings. The molecule has 0 radical (unpaired) electrons. The minimum absolute atomic E-state index is 0.0523. The number of benzene rings is 1. The highest BCUT2D eigenvalue weighted by Gasteiger charge is 2.17. The van der Waals surface area contributed by atoms with Crippen LogP contribution in [0.15, 0.2) is 30.3 Å². The van der Waals surface area contributed by atoms with Gasteiger partial charge < -0.3 is 5.32 Å². The number of hydrogen-bond donors (Lipinski definition) is 1. The van der Waals surface area contributed by atoms with Crippen LogP contribution < -0.4 is 5.32 Å². The van der Waals surface area contributed by atoms with E-state index in [0.717, 1.165) is 31.4 Å². The highest BCUT2D eigenvalue weighted by molar-refractivity contribution is 7.11. The Bertz CT molecular complexity index is 582. The highest BCUT2D eigenvalue weighted by Crippen LogP contribution is 2.30. The summed E-state index contributed by atoms with van der Waals surface area (Å²) in [6.45, 7) is 5.17. The number of rotatable bonds is 7. The van der Waals surface area contributed by atoms with Gasteiger partial charge in [-0.05, 0) is 43.1 Å². The Morgan fingerprint density at radius 1 is 1.19 bits per heavy atom. The SMILES string of the molecule is CCCNC(Cc1ccc(CC)s1)c1cccc(F)c1Cl. The first-order chi connectivity index (χ1) is 10.2. The van der Waals surface area contributed by atoms with E-state index in [1.165, 1.54) is 15.8 Å². The molecule has 114 valence electrons. The molecule has 1 atom stereocenters. The van der Waals surface area contributed by atoms with E-state index in [1.807, 2.05) is 17.4 Å². The van der Waals surface area contributed by atoms with Crippen molar-refractivity contribution < 1.29 is 4.39 Å². The van der Waals surface area contributed by atoms with Gasteiger partial charge in [0.1, 0.15) is 5.82 Å². The molecule has 1 heterocycles. The molecular weight excluding hydrogens is 305 g/mol. The van der Waals surface area contributed by atoms with Crippen LogP contribution in [-0.4, -0.2) is 6.54 Å². The number of thiophene rings is 1. The van der Waals surface area contributed by atoms with E-state index in [2.05, 4.69) is 31.3 Å². The van der Waals surface area contributed by atoms with E-state index in [1.54, 1.807) is 6.07 Å². The fraction of sp³-hybridized carbons (Fsp3) is 0.412. The number of halogens is 2. The molecule has 0 aliphatic heterocycles. The molecule has 2 rings (SSSR count). The van der Waals surface area contributed by atoms with Gasteiger partial charge in [0.15, 0.2) is 0 Å². The molecule has 0 aliphatic carbocycles. The van der Waals surface area contributed by atoms with Crippen LogP contribution in [-0.2, 0) is 12.8 Å². The molecule has 1 nitrogen and oxygen atoms in total. The average molecular weight is 326 g/mol. The summed E-state index contributed by atoms with van der Waals surface area (Å²) >= 11 is 7.98. The third-order valence-electron chi connectivity index (χ3n) is 3.47. The lowest BCUT2D eigenvalue weighted by atomic mass is 10.0. The van der Waals surface area contributed by atoms with Gasteiger partial charge in [-0.15, -0.1) is 11.3 Å². The summed E-state index contributed by atoms with van der Waals surface area (Å²) in [5.41, 5.74) is 0.844. The van der Waals surface area contributed by atoms with E-state index < -0.39 is 0 Å². The van der Waals surface area contributed by atoms with Crippen molar-refractivity contribution in [2.45, 2.75) is 39.2 Å². The van der Waals surface area contributed by atoms with E-state index in [-0.39, 0.29) is 16.9 Å². The summed E-state index contributed by atoms with van der Waals surface area (Å²) in [5, 5.41) is 3.72. The second kappa shape index (κ2) is 7.92. The predicted octanol–water partition coefficient (Wildman–Crippen LogP) is 5.39. The zero-order chi connectivity index (χ0) is 15.2. The van der Waals surface area contributed by atoms with Crippen molar-refractivity contribution in [2.75, 3.05) is 6.54 Å². The quantitative estimate of drug-likeness (QED) is 0.720. The maximum absolute atomic E-state index is 13.7. The largest absolute Gasteiger partial charge is 0.310 e. The van der Waals surface area contributed by atoms with Crippen LogP contribution in [0.4, 0.5) is 4.39 Å². The van der Waals surface area contributed by atoms with Crippen LogP contribution in [0.2, 0.25) is 5.02 Å². The molecule has 0 saturated heterocycles. The van der Waals surface area contributed by atoms with Gasteiger partial charge in [-0.3, -0.25) is 0 Å². The van der Waals surface area contributed by atoms with Crippen molar-refractivity contribution in [3.63, 3.8) is 0 Å². The number of nitrogens with one attached hydrogen (secondary N) is 1. The van der Waals surface area contributed by atoms with Crippen molar-refractivity contribution in [2.24, 2.45) is 0 Å². The molecule has 0 saturated carbocycles. The Hall–Kier alpha value is -0.900. The van der Waals surface area contributed by atoms with Crippen LogP contribution in [0.1, 0.15) is 41.6 Å². The Labute approximate surface area is 135 Å². The summed E-state index contributed by atoms with van der Waals surface area (Å²) in [7, 11) is 0. The molecule has 1 aromatic carbocycles. The van der Waals surface area contributed by atoms with Crippen molar-refractivity contribution in [3.05, 3.63) is 56.5 Å². The lowest BCUT2D eigenvalue weighted by molar-refractivity contribution is 0.527.